The Labute approximate surface area is 144 Å². The first kappa shape index (κ1) is 16.3. The van der Waals surface area contributed by atoms with E-state index in [1.165, 1.54) is 16.9 Å². The van der Waals surface area contributed by atoms with Crippen molar-refractivity contribution in [3.63, 3.8) is 0 Å². The van der Waals surface area contributed by atoms with Crippen LogP contribution in [0.2, 0.25) is 0 Å². The van der Waals surface area contributed by atoms with Crippen LogP contribution in [-0.4, -0.2) is 21.1 Å². The number of aryl methyl sites for hydroxylation is 1. The van der Waals surface area contributed by atoms with Crippen LogP contribution in [0.5, 0.6) is 0 Å². The highest BCUT2D eigenvalue weighted by Gasteiger charge is 2.12. The molecule has 24 heavy (non-hydrogen) atoms. The Morgan fingerprint density at radius 1 is 1.08 bits per heavy atom. The molecule has 5 nitrogen and oxygen atoms in total. The number of amides is 1. The lowest BCUT2D eigenvalue weighted by atomic mass is 10.0. The third-order valence-electron chi connectivity index (χ3n) is 3.64. The zero-order chi connectivity index (χ0) is 17.1. The Morgan fingerprint density at radius 2 is 1.83 bits per heavy atom. The highest BCUT2D eigenvalue weighted by Crippen LogP contribution is 2.27. The zero-order valence-electron chi connectivity index (χ0n) is 13.8. The van der Waals surface area contributed by atoms with Crippen LogP contribution in [0.25, 0.3) is 10.6 Å². The van der Waals surface area contributed by atoms with Gasteiger partial charge < -0.3 is 0 Å². The van der Waals surface area contributed by atoms with Crippen LogP contribution in [-0.2, 0) is 0 Å². The molecule has 0 spiro atoms. The van der Waals surface area contributed by atoms with E-state index in [0.29, 0.717) is 16.6 Å². The van der Waals surface area contributed by atoms with Crippen molar-refractivity contribution in [3.05, 3.63) is 59.4 Å². The topological polar surface area (TPSA) is 67.8 Å². The van der Waals surface area contributed by atoms with Crippen molar-refractivity contribution in [2.45, 2.75) is 26.7 Å². The van der Waals surface area contributed by atoms with Crippen molar-refractivity contribution in [1.29, 1.82) is 0 Å². The monoisotopic (exact) mass is 338 g/mol. The maximum Gasteiger partial charge on any atom is 0.259 e. The number of nitrogens with one attached hydrogen (secondary N) is 1. The molecule has 1 amide bonds. The van der Waals surface area contributed by atoms with Gasteiger partial charge in [-0.05, 0) is 30.5 Å². The second-order valence-corrected chi connectivity index (χ2v) is 6.81. The van der Waals surface area contributed by atoms with E-state index in [0.717, 1.165) is 16.3 Å². The molecule has 0 atom stereocenters. The van der Waals surface area contributed by atoms with E-state index in [-0.39, 0.29) is 5.91 Å². The molecule has 0 saturated carbocycles. The van der Waals surface area contributed by atoms with Gasteiger partial charge >= 0.3 is 0 Å². The summed E-state index contributed by atoms with van der Waals surface area (Å²) in [5.41, 5.74) is 3.64. The third-order valence-corrected chi connectivity index (χ3v) is 4.53. The van der Waals surface area contributed by atoms with Gasteiger partial charge in [-0.15, -0.1) is 10.2 Å². The smallest absolute Gasteiger partial charge is 0.259 e. The molecule has 1 aromatic carbocycles. The molecule has 0 aliphatic heterocycles. The quantitative estimate of drug-likeness (QED) is 0.771. The fourth-order valence-corrected chi connectivity index (χ4v) is 2.92. The molecule has 0 aliphatic rings. The maximum absolute atomic E-state index is 12.2. The number of aromatic nitrogens is 3. The molecule has 0 aliphatic carbocycles. The fraction of sp³-hybridized carbons (Fsp3) is 0.222. The average Bonchev–Trinajstić information content (AvgIpc) is 3.04. The Balaban J connectivity index is 1.73. The third kappa shape index (κ3) is 3.65. The predicted octanol–water partition coefficient (Wildman–Crippen LogP) is 4.28. The first-order chi connectivity index (χ1) is 11.5. The molecule has 0 unspecified atom stereocenters. The van der Waals surface area contributed by atoms with E-state index in [1.54, 1.807) is 18.3 Å². The fourth-order valence-electron chi connectivity index (χ4n) is 2.17. The number of rotatable bonds is 4. The lowest BCUT2D eigenvalue weighted by Gasteiger charge is -2.04. The number of hydrogen-bond donors (Lipinski definition) is 1. The molecule has 0 radical (unpaired) electrons. The maximum atomic E-state index is 12.2. The van der Waals surface area contributed by atoms with Crippen molar-refractivity contribution in [2.75, 3.05) is 5.32 Å². The standard InChI is InChI=1S/C18H18N4OS/c1-11(2)13-6-8-14(9-7-13)17-21-22-18(24-17)20-16(23)15-5-4-12(3)19-10-15/h4-11H,1-3H3,(H,20,22,23). The molecule has 122 valence electrons. The normalized spacial score (nSPS) is 10.8. The van der Waals surface area contributed by atoms with E-state index in [4.69, 9.17) is 0 Å². The molecule has 2 heterocycles. The van der Waals surface area contributed by atoms with Crippen molar-refractivity contribution in [3.8, 4) is 10.6 Å². The summed E-state index contributed by atoms with van der Waals surface area (Å²) in [6.45, 7) is 6.20. The number of nitrogens with zero attached hydrogens (tertiary/aromatic N) is 3. The molecule has 3 aromatic rings. The van der Waals surface area contributed by atoms with E-state index in [2.05, 4.69) is 46.5 Å². The molecule has 2 aromatic heterocycles. The Kier molecular flexibility index (Phi) is 4.66. The molecular weight excluding hydrogens is 320 g/mol. The summed E-state index contributed by atoms with van der Waals surface area (Å²) in [6.07, 6.45) is 1.55. The molecule has 6 heteroatoms. The number of anilines is 1. The molecule has 0 saturated heterocycles. The number of pyridine rings is 1. The van der Waals surface area contributed by atoms with Gasteiger partial charge in [0, 0.05) is 17.5 Å². The van der Waals surface area contributed by atoms with Gasteiger partial charge in [-0.1, -0.05) is 49.4 Å². The van der Waals surface area contributed by atoms with E-state index < -0.39 is 0 Å². The molecule has 3 rings (SSSR count). The number of carbonyl (C=O) groups excluding carboxylic acids is 1. The minimum absolute atomic E-state index is 0.236. The van der Waals surface area contributed by atoms with Gasteiger partial charge in [0.15, 0.2) is 0 Å². The number of benzene rings is 1. The number of hydrogen-bond acceptors (Lipinski definition) is 5. The van der Waals surface area contributed by atoms with Crippen molar-refractivity contribution in [2.24, 2.45) is 0 Å². The van der Waals surface area contributed by atoms with Gasteiger partial charge in [0.05, 0.1) is 5.56 Å². The molecule has 1 N–H and O–H groups in total. The van der Waals surface area contributed by atoms with E-state index >= 15 is 0 Å². The van der Waals surface area contributed by atoms with Crippen LogP contribution in [0, 0.1) is 6.92 Å². The van der Waals surface area contributed by atoms with Gasteiger partial charge in [-0.3, -0.25) is 15.1 Å². The Bertz CT molecular complexity index is 838. The highest BCUT2D eigenvalue weighted by molar-refractivity contribution is 7.18. The molecular formula is C18H18N4OS. The largest absolute Gasteiger partial charge is 0.296 e. The van der Waals surface area contributed by atoms with Gasteiger partial charge in [0.1, 0.15) is 5.01 Å². The van der Waals surface area contributed by atoms with Crippen molar-refractivity contribution >= 4 is 22.4 Å². The summed E-state index contributed by atoms with van der Waals surface area (Å²) in [7, 11) is 0. The molecule has 0 fully saturated rings. The highest BCUT2D eigenvalue weighted by atomic mass is 32.1. The van der Waals surface area contributed by atoms with Crippen molar-refractivity contribution < 1.29 is 4.79 Å². The van der Waals surface area contributed by atoms with Crippen LogP contribution in [0.1, 0.15) is 41.4 Å². The summed E-state index contributed by atoms with van der Waals surface area (Å²) in [6, 6.07) is 11.8. The number of carbonyl (C=O) groups is 1. The van der Waals surface area contributed by atoms with E-state index in [9.17, 15) is 4.79 Å². The second-order valence-electron chi connectivity index (χ2n) is 5.83. The Morgan fingerprint density at radius 3 is 2.46 bits per heavy atom. The summed E-state index contributed by atoms with van der Waals surface area (Å²) in [5.74, 6) is 0.256. The van der Waals surface area contributed by atoms with Gasteiger partial charge in [-0.25, -0.2) is 0 Å². The van der Waals surface area contributed by atoms with Crippen LogP contribution >= 0.6 is 11.3 Å². The van der Waals surface area contributed by atoms with Crippen molar-refractivity contribution in [1.82, 2.24) is 15.2 Å². The average molecular weight is 338 g/mol. The summed E-state index contributed by atoms with van der Waals surface area (Å²) in [5, 5.41) is 12.2. The SMILES string of the molecule is Cc1ccc(C(=O)Nc2nnc(-c3ccc(C(C)C)cc3)s2)cn1. The van der Waals surface area contributed by atoms with E-state index in [1.807, 2.05) is 19.1 Å². The predicted molar refractivity (Wildman–Crippen MR) is 96.4 cm³/mol. The lowest BCUT2D eigenvalue weighted by Crippen LogP contribution is -2.12. The van der Waals surface area contributed by atoms with Gasteiger partial charge in [0.25, 0.3) is 5.91 Å². The summed E-state index contributed by atoms with van der Waals surface area (Å²) >= 11 is 1.35. The minimum Gasteiger partial charge on any atom is -0.296 e. The zero-order valence-corrected chi connectivity index (χ0v) is 14.6. The van der Waals surface area contributed by atoms with Crippen LogP contribution in [0.4, 0.5) is 5.13 Å². The first-order valence-corrected chi connectivity index (χ1v) is 8.52. The molecule has 0 bridgehead atoms. The van der Waals surface area contributed by atoms with Gasteiger partial charge in [-0.2, -0.15) is 0 Å². The second kappa shape index (κ2) is 6.88. The van der Waals surface area contributed by atoms with Crippen LogP contribution in [0.15, 0.2) is 42.6 Å². The lowest BCUT2D eigenvalue weighted by molar-refractivity contribution is 0.102. The minimum atomic E-state index is -0.236. The van der Waals surface area contributed by atoms with Crippen LogP contribution < -0.4 is 5.32 Å². The summed E-state index contributed by atoms with van der Waals surface area (Å²) < 4.78 is 0. The van der Waals surface area contributed by atoms with Gasteiger partial charge in [0.2, 0.25) is 5.13 Å². The first-order valence-electron chi connectivity index (χ1n) is 7.71. The van der Waals surface area contributed by atoms with Crippen LogP contribution in [0.3, 0.4) is 0 Å². The summed E-state index contributed by atoms with van der Waals surface area (Å²) in [4.78, 5) is 16.3. The Hall–Kier alpha value is -2.60.